The first-order valence-corrected chi connectivity index (χ1v) is 13.0. The van der Waals surface area contributed by atoms with E-state index in [2.05, 4.69) is 0 Å². The molecule has 0 radical (unpaired) electrons. The zero-order valence-corrected chi connectivity index (χ0v) is 21.8. The van der Waals surface area contributed by atoms with Crippen LogP contribution in [0.5, 0.6) is 11.5 Å². The first kappa shape index (κ1) is 24.8. The Morgan fingerprint density at radius 2 is 1.51 bits per heavy atom. The van der Waals surface area contributed by atoms with E-state index in [4.69, 9.17) is 9.47 Å². The molecule has 0 bridgehead atoms. The number of carbonyl (C=O) groups excluding carboxylic acids is 4. The van der Waals surface area contributed by atoms with Gasteiger partial charge in [-0.2, -0.15) is 0 Å². The lowest BCUT2D eigenvalue weighted by Crippen LogP contribution is -2.48. The minimum absolute atomic E-state index is 0.219. The average Bonchev–Trinajstić information content (AvgIpc) is 3.35. The minimum atomic E-state index is -1.63. The van der Waals surface area contributed by atoms with Gasteiger partial charge in [-0.05, 0) is 26.0 Å². The monoisotopic (exact) mass is 521 g/mol. The maximum absolute atomic E-state index is 14.6. The predicted molar refractivity (Wildman–Crippen MR) is 145 cm³/mol. The van der Waals surface area contributed by atoms with Gasteiger partial charge in [0.25, 0.3) is 0 Å². The fraction of sp³-hybridized carbons (Fsp3) is 0.250. The van der Waals surface area contributed by atoms with Gasteiger partial charge in [0.2, 0.25) is 0 Å². The predicted octanol–water partition coefficient (Wildman–Crippen LogP) is 5.03. The third-order valence-corrected chi connectivity index (χ3v) is 8.01. The fourth-order valence-electron chi connectivity index (χ4n) is 6.74. The number of hydrogen-bond donors (Lipinski definition) is 0. The number of esters is 1. The molecule has 7 nitrogen and oxygen atoms in total. The van der Waals surface area contributed by atoms with Gasteiger partial charge in [0.15, 0.2) is 23.1 Å². The van der Waals surface area contributed by atoms with Gasteiger partial charge in [0.1, 0.15) is 11.2 Å². The second-order valence-corrected chi connectivity index (χ2v) is 10.1. The molecule has 1 saturated heterocycles. The molecule has 6 rings (SSSR count). The van der Waals surface area contributed by atoms with E-state index in [0.29, 0.717) is 34.7 Å². The lowest BCUT2D eigenvalue weighted by molar-refractivity contribution is -0.131. The Morgan fingerprint density at radius 1 is 0.872 bits per heavy atom. The molecule has 3 aliphatic rings. The quantitative estimate of drug-likeness (QED) is 0.264. The largest absolute Gasteiger partial charge is 0.494 e. The van der Waals surface area contributed by atoms with Crippen molar-refractivity contribution in [2.45, 2.75) is 38.8 Å². The maximum Gasteiger partial charge on any atom is 0.308 e. The second kappa shape index (κ2) is 9.05. The molecule has 7 heteroatoms. The molecule has 0 N–H and O–H groups in total. The number of carbonyl (C=O) groups is 4. The Morgan fingerprint density at radius 3 is 2.15 bits per heavy atom. The minimum Gasteiger partial charge on any atom is -0.494 e. The van der Waals surface area contributed by atoms with Crippen molar-refractivity contribution >= 4 is 35.1 Å². The van der Waals surface area contributed by atoms with E-state index >= 15 is 0 Å². The molecular formula is C32H27NO6. The van der Waals surface area contributed by atoms with Gasteiger partial charge in [-0.25, -0.2) is 0 Å². The first-order chi connectivity index (χ1) is 18.8. The van der Waals surface area contributed by atoms with Gasteiger partial charge >= 0.3 is 5.97 Å². The standard InChI is InChI=1S/C32H27NO6/c1-4-38-24-14-8-7-13-23(24)27-28(18(2)34)33-26(17-16-20-10-9-15-25(29(20)33)39-19(3)35)32(27)30(36)21-11-5-6-12-22(21)31(32)37/h5-17,26-28H,4H2,1-3H3/t26?,27-,28-/m0/s1. The van der Waals surface area contributed by atoms with Crippen LogP contribution < -0.4 is 14.4 Å². The van der Waals surface area contributed by atoms with Crippen molar-refractivity contribution < 1.29 is 28.7 Å². The molecular weight excluding hydrogens is 494 g/mol. The number of ketones is 3. The Hall–Kier alpha value is -4.52. The van der Waals surface area contributed by atoms with E-state index in [0.717, 1.165) is 5.56 Å². The van der Waals surface area contributed by atoms with E-state index in [1.807, 2.05) is 48.2 Å². The number of para-hydroxylation sites is 2. The molecule has 1 fully saturated rings. The SMILES string of the molecule is CCOc1ccccc1[C@H]1[C@H](C(C)=O)N2c3c(cccc3OC(C)=O)C=CC2C12C(=O)c1ccccc1C2=O. The normalized spacial score (nSPS) is 21.9. The summed E-state index contributed by atoms with van der Waals surface area (Å²) in [4.78, 5) is 56.7. The fourth-order valence-corrected chi connectivity index (χ4v) is 6.74. The smallest absolute Gasteiger partial charge is 0.308 e. The van der Waals surface area contributed by atoms with Crippen molar-refractivity contribution in [1.82, 2.24) is 0 Å². The summed E-state index contributed by atoms with van der Waals surface area (Å²) in [6.45, 7) is 5.01. The number of nitrogens with zero attached hydrogens (tertiary/aromatic N) is 1. The van der Waals surface area contributed by atoms with Crippen LogP contribution in [-0.4, -0.2) is 42.0 Å². The summed E-state index contributed by atoms with van der Waals surface area (Å²) in [7, 11) is 0. The van der Waals surface area contributed by atoms with Crippen molar-refractivity contribution in [1.29, 1.82) is 0 Å². The van der Waals surface area contributed by atoms with E-state index in [9.17, 15) is 19.2 Å². The molecule has 2 aliphatic heterocycles. The molecule has 196 valence electrons. The molecule has 1 unspecified atom stereocenters. The van der Waals surface area contributed by atoms with E-state index in [1.165, 1.54) is 13.8 Å². The summed E-state index contributed by atoms with van der Waals surface area (Å²) >= 11 is 0. The number of benzene rings is 3. The molecule has 3 aromatic rings. The molecule has 2 heterocycles. The van der Waals surface area contributed by atoms with Gasteiger partial charge in [-0.3, -0.25) is 19.2 Å². The molecule has 0 aromatic heterocycles. The van der Waals surface area contributed by atoms with Gasteiger partial charge in [0.05, 0.1) is 24.4 Å². The van der Waals surface area contributed by atoms with Crippen LogP contribution in [0.2, 0.25) is 0 Å². The zero-order valence-electron chi connectivity index (χ0n) is 21.8. The molecule has 3 atom stereocenters. The molecule has 0 saturated carbocycles. The lowest BCUT2D eigenvalue weighted by Gasteiger charge is -2.37. The van der Waals surface area contributed by atoms with E-state index < -0.39 is 29.4 Å². The zero-order chi connectivity index (χ0) is 27.5. The van der Waals surface area contributed by atoms with E-state index in [-0.39, 0.29) is 23.1 Å². The van der Waals surface area contributed by atoms with Crippen LogP contribution in [0.4, 0.5) is 5.69 Å². The number of Topliss-reactive ketones (excluding diaryl/α,β-unsaturated/α-hetero) is 3. The lowest BCUT2D eigenvalue weighted by atomic mass is 9.64. The first-order valence-electron chi connectivity index (χ1n) is 13.0. The van der Waals surface area contributed by atoms with Crippen LogP contribution >= 0.6 is 0 Å². The highest BCUT2D eigenvalue weighted by Crippen LogP contribution is 2.62. The molecule has 3 aromatic carbocycles. The summed E-state index contributed by atoms with van der Waals surface area (Å²) in [5.74, 6) is -1.46. The highest BCUT2D eigenvalue weighted by atomic mass is 16.5. The Bertz CT molecular complexity index is 1550. The van der Waals surface area contributed by atoms with Crippen LogP contribution in [0, 0.1) is 5.41 Å². The van der Waals surface area contributed by atoms with Crippen molar-refractivity contribution in [2.24, 2.45) is 5.41 Å². The average molecular weight is 522 g/mol. The number of ether oxygens (including phenoxy) is 2. The summed E-state index contributed by atoms with van der Waals surface area (Å²) in [6.07, 6.45) is 3.67. The number of hydrogen-bond acceptors (Lipinski definition) is 7. The Labute approximate surface area is 226 Å². The summed E-state index contributed by atoms with van der Waals surface area (Å²) in [6, 6.07) is 17.7. The number of rotatable bonds is 5. The summed E-state index contributed by atoms with van der Waals surface area (Å²) in [5, 5.41) is 0. The third-order valence-electron chi connectivity index (χ3n) is 8.01. The van der Waals surface area contributed by atoms with Crippen LogP contribution in [0.25, 0.3) is 6.08 Å². The van der Waals surface area contributed by atoms with Crippen molar-refractivity contribution in [3.05, 3.63) is 95.1 Å². The Balaban J connectivity index is 1.70. The number of fused-ring (bicyclic) bond motifs is 5. The summed E-state index contributed by atoms with van der Waals surface area (Å²) < 4.78 is 11.6. The Kier molecular flexibility index (Phi) is 5.75. The van der Waals surface area contributed by atoms with E-state index in [1.54, 1.807) is 42.5 Å². The van der Waals surface area contributed by atoms with Gasteiger partial charge in [0, 0.05) is 35.1 Å². The topological polar surface area (TPSA) is 90.0 Å². The van der Waals surface area contributed by atoms with Crippen molar-refractivity contribution in [3.8, 4) is 11.5 Å². The van der Waals surface area contributed by atoms with Crippen LogP contribution in [0.3, 0.4) is 0 Å². The van der Waals surface area contributed by atoms with Gasteiger partial charge in [-0.1, -0.05) is 66.7 Å². The van der Waals surface area contributed by atoms with Gasteiger partial charge in [-0.15, -0.1) is 0 Å². The van der Waals surface area contributed by atoms with Crippen LogP contribution in [-0.2, 0) is 9.59 Å². The third kappa shape index (κ3) is 3.35. The van der Waals surface area contributed by atoms with Crippen molar-refractivity contribution in [2.75, 3.05) is 11.5 Å². The highest BCUT2D eigenvalue weighted by molar-refractivity contribution is 6.32. The molecule has 1 aliphatic carbocycles. The molecule has 0 amide bonds. The van der Waals surface area contributed by atoms with Crippen LogP contribution in [0.1, 0.15) is 58.5 Å². The van der Waals surface area contributed by atoms with Crippen LogP contribution in [0.15, 0.2) is 72.8 Å². The second-order valence-electron chi connectivity index (χ2n) is 10.1. The summed E-state index contributed by atoms with van der Waals surface area (Å²) in [5.41, 5.74) is 0.901. The van der Waals surface area contributed by atoms with Gasteiger partial charge < -0.3 is 14.4 Å². The molecule has 1 spiro atoms. The highest BCUT2D eigenvalue weighted by Gasteiger charge is 2.71. The van der Waals surface area contributed by atoms with Crippen molar-refractivity contribution in [3.63, 3.8) is 0 Å². The maximum atomic E-state index is 14.6. The number of anilines is 1. The molecule has 39 heavy (non-hydrogen) atoms.